The van der Waals surface area contributed by atoms with E-state index in [2.05, 4.69) is 24.4 Å². The molecule has 1 aliphatic heterocycles. The number of amides is 1. The fourth-order valence-corrected chi connectivity index (χ4v) is 1.82. The summed E-state index contributed by atoms with van der Waals surface area (Å²) in [7, 11) is 0. The number of hydrogen-bond donors (Lipinski definition) is 1. The minimum atomic E-state index is -0.00164. The number of nitrogens with one attached hydrogen (secondary N) is 1. The summed E-state index contributed by atoms with van der Waals surface area (Å²) in [4.78, 5) is 11.1. The lowest BCUT2D eigenvalue weighted by Crippen LogP contribution is -2.24. The average Bonchev–Trinajstić information content (AvgIpc) is 2.49. The predicted octanol–water partition coefficient (Wildman–Crippen LogP) is 1.46. The van der Waals surface area contributed by atoms with Gasteiger partial charge in [0.05, 0.1) is 0 Å². The van der Waals surface area contributed by atoms with Gasteiger partial charge in [-0.05, 0) is 5.56 Å². The van der Waals surface area contributed by atoms with E-state index < -0.39 is 0 Å². The summed E-state index contributed by atoms with van der Waals surface area (Å²) < 4.78 is 0. The second-order valence-corrected chi connectivity index (χ2v) is 3.88. The Kier molecular flexibility index (Phi) is 1.83. The highest BCUT2D eigenvalue weighted by Crippen LogP contribution is 2.29. The van der Waals surface area contributed by atoms with Crippen LogP contribution in [0.15, 0.2) is 30.3 Å². The van der Waals surface area contributed by atoms with E-state index in [0.717, 1.165) is 6.54 Å². The van der Waals surface area contributed by atoms with Gasteiger partial charge in [0.1, 0.15) is 0 Å². The minimum Gasteiger partial charge on any atom is -0.355 e. The zero-order chi connectivity index (χ0) is 9.31. The normalized spacial score (nSPS) is 27.3. The summed E-state index contributed by atoms with van der Waals surface area (Å²) in [6, 6.07) is 10.2. The maximum atomic E-state index is 11.1. The van der Waals surface area contributed by atoms with E-state index in [0.29, 0.717) is 6.42 Å². The van der Waals surface area contributed by atoms with Crippen molar-refractivity contribution in [3.05, 3.63) is 35.9 Å². The largest absolute Gasteiger partial charge is 0.355 e. The second-order valence-electron chi connectivity index (χ2n) is 3.88. The fraction of sp³-hybridized carbons (Fsp3) is 0.364. The molecule has 0 aliphatic carbocycles. The number of hydrogen-bond acceptors (Lipinski definition) is 1. The van der Waals surface area contributed by atoms with Crippen LogP contribution in [0.5, 0.6) is 0 Å². The van der Waals surface area contributed by atoms with Crippen LogP contribution in [-0.4, -0.2) is 12.5 Å². The Hall–Kier alpha value is -1.31. The van der Waals surface area contributed by atoms with Gasteiger partial charge in [-0.15, -0.1) is 0 Å². The van der Waals surface area contributed by atoms with Gasteiger partial charge in [0, 0.05) is 18.4 Å². The maximum absolute atomic E-state index is 11.1. The van der Waals surface area contributed by atoms with Crippen LogP contribution in [0, 0.1) is 0 Å². The monoisotopic (exact) mass is 175 g/mol. The van der Waals surface area contributed by atoms with E-state index in [-0.39, 0.29) is 11.3 Å². The van der Waals surface area contributed by atoms with Crippen LogP contribution in [-0.2, 0) is 10.2 Å². The Labute approximate surface area is 78.0 Å². The summed E-state index contributed by atoms with van der Waals surface area (Å²) in [6.07, 6.45) is 0.608. The van der Waals surface area contributed by atoms with Crippen molar-refractivity contribution < 1.29 is 4.79 Å². The molecule has 68 valence electrons. The highest BCUT2D eigenvalue weighted by molar-refractivity contribution is 5.80. The van der Waals surface area contributed by atoms with Crippen LogP contribution in [0.25, 0.3) is 0 Å². The van der Waals surface area contributed by atoms with Crippen molar-refractivity contribution in [3.8, 4) is 0 Å². The Bertz CT molecular complexity index is 320. The molecule has 1 amide bonds. The Morgan fingerprint density at radius 1 is 1.31 bits per heavy atom. The molecule has 0 unspecified atom stereocenters. The highest BCUT2D eigenvalue weighted by Gasteiger charge is 2.34. The van der Waals surface area contributed by atoms with Gasteiger partial charge >= 0.3 is 0 Å². The van der Waals surface area contributed by atoms with Crippen molar-refractivity contribution in [2.45, 2.75) is 18.8 Å². The summed E-state index contributed by atoms with van der Waals surface area (Å²) in [5.41, 5.74) is 1.24. The first kappa shape index (κ1) is 8.30. The molecule has 2 rings (SSSR count). The van der Waals surface area contributed by atoms with Crippen LogP contribution in [0.1, 0.15) is 18.9 Å². The third-order valence-corrected chi connectivity index (χ3v) is 2.70. The third-order valence-electron chi connectivity index (χ3n) is 2.70. The third kappa shape index (κ3) is 1.44. The van der Waals surface area contributed by atoms with E-state index in [1.54, 1.807) is 0 Å². The molecule has 2 nitrogen and oxygen atoms in total. The lowest BCUT2D eigenvalue weighted by Gasteiger charge is -2.21. The van der Waals surface area contributed by atoms with Crippen LogP contribution in [0.3, 0.4) is 0 Å². The van der Waals surface area contributed by atoms with E-state index in [1.807, 2.05) is 18.2 Å². The first-order valence-corrected chi connectivity index (χ1v) is 4.53. The lowest BCUT2D eigenvalue weighted by molar-refractivity contribution is -0.119. The van der Waals surface area contributed by atoms with E-state index >= 15 is 0 Å². The van der Waals surface area contributed by atoms with Gasteiger partial charge in [0.25, 0.3) is 0 Å². The average molecular weight is 175 g/mol. The van der Waals surface area contributed by atoms with Crippen molar-refractivity contribution in [2.75, 3.05) is 6.54 Å². The molecular formula is C11H13NO. The van der Waals surface area contributed by atoms with Gasteiger partial charge in [-0.2, -0.15) is 0 Å². The van der Waals surface area contributed by atoms with Crippen LogP contribution < -0.4 is 5.32 Å². The molecule has 1 heterocycles. The number of carbonyl (C=O) groups is 1. The van der Waals surface area contributed by atoms with Gasteiger partial charge < -0.3 is 5.32 Å². The molecule has 0 spiro atoms. The summed E-state index contributed by atoms with van der Waals surface area (Å²) in [6.45, 7) is 2.88. The molecule has 0 aromatic heterocycles. The van der Waals surface area contributed by atoms with E-state index in [9.17, 15) is 4.79 Å². The molecule has 0 saturated carbocycles. The smallest absolute Gasteiger partial charge is 0.220 e. The summed E-state index contributed by atoms with van der Waals surface area (Å²) in [5.74, 6) is 0.159. The molecule has 1 aromatic rings. The highest BCUT2D eigenvalue weighted by atomic mass is 16.1. The van der Waals surface area contributed by atoms with Gasteiger partial charge in [-0.3, -0.25) is 4.79 Å². The molecule has 0 bridgehead atoms. The molecule has 1 aromatic carbocycles. The van der Waals surface area contributed by atoms with Crippen molar-refractivity contribution in [1.29, 1.82) is 0 Å². The fourth-order valence-electron chi connectivity index (χ4n) is 1.82. The standard InChI is InChI=1S/C11H13NO/c1-11(7-10(13)12-8-11)9-5-3-2-4-6-9/h2-6H,7-8H2,1H3,(H,12,13)/t11-/m0/s1. The molecule has 1 saturated heterocycles. The number of carbonyl (C=O) groups excluding carboxylic acids is 1. The van der Waals surface area contributed by atoms with Crippen molar-refractivity contribution in [1.82, 2.24) is 5.32 Å². The van der Waals surface area contributed by atoms with Gasteiger partial charge in [-0.25, -0.2) is 0 Å². The first-order valence-electron chi connectivity index (χ1n) is 4.53. The molecular weight excluding hydrogens is 162 g/mol. The number of rotatable bonds is 1. The van der Waals surface area contributed by atoms with Crippen LogP contribution in [0.2, 0.25) is 0 Å². The Morgan fingerprint density at radius 3 is 2.54 bits per heavy atom. The van der Waals surface area contributed by atoms with Crippen LogP contribution >= 0.6 is 0 Å². The molecule has 1 atom stereocenters. The Balaban J connectivity index is 2.31. The summed E-state index contributed by atoms with van der Waals surface area (Å²) >= 11 is 0. The first-order chi connectivity index (χ1) is 6.21. The quantitative estimate of drug-likeness (QED) is 0.688. The second kappa shape index (κ2) is 2.87. The predicted molar refractivity (Wildman–Crippen MR) is 51.4 cm³/mol. The van der Waals surface area contributed by atoms with Crippen molar-refractivity contribution >= 4 is 5.91 Å². The topological polar surface area (TPSA) is 29.1 Å². The number of benzene rings is 1. The molecule has 1 fully saturated rings. The van der Waals surface area contributed by atoms with Crippen molar-refractivity contribution in [2.24, 2.45) is 0 Å². The van der Waals surface area contributed by atoms with Gasteiger partial charge in [-0.1, -0.05) is 37.3 Å². The van der Waals surface area contributed by atoms with Gasteiger partial charge in [0.2, 0.25) is 5.91 Å². The van der Waals surface area contributed by atoms with Gasteiger partial charge in [0.15, 0.2) is 0 Å². The zero-order valence-electron chi connectivity index (χ0n) is 7.71. The molecule has 13 heavy (non-hydrogen) atoms. The molecule has 1 N–H and O–H groups in total. The molecule has 1 aliphatic rings. The van der Waals surface area contributed by atoms with Crippen LogP contribution in [0.4, 0.5) is 0 Å². The van der Waals surface area contributed by atoms with E-state index in [1.165, 1.54) is 5.56 Å². The van der Waals surface area contributed by atoms with E-state index in [4.69, 9.17) is 0 Å². The SMILES string of the molecule is C[C@@]1(c2ccccc2)CNC(=O)C1. The molecule has 0 radical (unpaired) electrons. The van der Waals surface area contributed by atoms with Crippen molar-refractivity contribution in [3.63, 3.8) is 0 Å². The minimum absolute atomic E-state index is 0.00164. The Morgan fingerprint density at radius 2 is 2.00 bits per heavy atom. The summed E-state index contributed by atoms with van der Waals surface area (Å²) in [5, 5.41) is 2.87. The zero-order valence-corrected chi connectivity index (χ0v) is 7.71. The maximum Gasteiger partial charge on any atom is 0.220 e. The lowest BCUT2D eigenvalue weighted by atomic mass is 9.82. The molecule has 2 heteroatoms.